The van der Waals surface area contributed by atoms with Crippen molar-refractivity contribution in [3.63, 3.8) is 0 Å². The fraction of sp³-hybridized carbons (Fsp3) is 0.727. The fourth-order valence-corrected chi connectivity index (χ4v) is 2.16. The normalized spacial score (nSPS) is 22.5. The van der Waals surface area contributed by atoms with E-state index in [1.54, 1.807) is 0 Å². The maximum absolute atomic E-state index is 9.06. The van der Waals surface area contributed by atoms with E-state index in [0.29, 0.717) is 12.5 Å². The van der Waals surface area contributed by atoms with E-state index in [4.69, 9.17) is 9.63 Å². The summed E-state index contributed by atoms with van der Waals surface area (Å²) in [6.07, 6.45) is 1.10. The molecule has 1 saturated heterocycles. The van der Waals surface area contributed by atoms with Crippen LogP contribution in [0.4, 0.5) is 0 Å². The molecule has 1 fully saturated rings. The SMILES string of the molecule is Cc1noc(C)c1CN1CC[C@H](CO)C1. The van der Waals surface area contributed by atoms with Crippen LogP contribution in [0.2, 0.25) is 0 Å². The van der Waals surface area contributed by atoms with Gasteiger partial charge in [-0.15, -0.1) is 0 Å². The fourth-order valence-electron chi connectivity index (χ4n) is 2.16. The summed E-state index contributed by atoms with van der Waals surface area (Å²) >= 11 is 0. The summed E-state index contributed by atoms with van der Waals surface area (Å²) in [4.78, 5) is 2.35. The molecule has 0 aromatic carbocycles. The molecular formula is C11H18N2O2. The summed E-state index contributed by atoms with van der Waals surface area (Å²) in [5, 5.41) is 13.0. The molecule has 4 heteroatoms. The van der Waals surface area contributed by atoms with Crippen molar-refractivity contribution >= 4 is 0 Å². The molecule has 0 aliphatic carbocycles. The molecular weight excluding hydrogens is 192 g/mol. The summed E-state index contributed by atoms with van der Waals surface area (Å²) in [6, 6.07) is 0. The van der Waals surface area contributed by atoms with Crippen molar-refractivity contribution in [3.8, 4) is 0 Å². The van der Waals surface area contributed by atoms with Crippen LogP contribution in [-0.2, 0) is 6.54 Å². The van der Waals surface area contributed by atoms with E-state index >= 15 is 0 Å². The molecule has 1 aromatic heterocycles. The van der Waals surface area contributed by atoms with Crippen molar-refractivity contribution in [3.05, 3.63) is 17.0 Å². The van der Waals surface area contributed by atoms with Gasteiger partial charge >= 0.3 is 0 Å². The van der Waals surface area contributed by atoms with Gasteiger partial charge < -0.3 is 9.63 Å². The van der Waals surface area contributed by atoms with Crippen LogP contribution in [0, 0.1) is 19.8 Å². The third-order valence-electron chi connectivity index (χ3n) is 3.19. The predicted octanol–water partition coefficient (Wildman–Crippen LogP) is 1.11. The molecule has 2 heterocycles. The van der Waals surface area contributed by atoms with Crippen molar-refractivity contribution in [2.75, 3.05) is 19.7 Å². The Hall–Kier alpha value is -0.870. The number of likely N-dealkylation sites (tertiary alicyclic amines) is 1. The van der Waals surface area contributed by atoms with Gasteiger partial charge in [-0.2, -0.15) is 0 Å². The predicted molar refractivity (Wildman–Crippen MR) is 56.4 cm³/mol. The number of aliphatic hydroxyl groups is 1. The molecule has 0 bridgehead atoms. The largest absolute Gasteiger partial charge is 0.396 e. The average Bonchev–Trinajstić information content (AvgIpc) is 2.80. The molecule has 2 rings (SSSR count). The van der Waals surface area contributed by atoms with Gasteiger partial charge in [0.05, 0.1) is 5.69 Å². The number of aliphatic hydroxyl groups excluding tert-OH is 1. The van der Waals surface area contributed by atoms with Crippen molar-refractivity contribution in [1.82, 2.24) is 10.1 Å². The Balaban J connectivity index is 1.98. The second-order valence-electron chi connectivity index (χ2n) is 4.38. The lowest BCUT2D eigenvalue weighted by Gasteiger charge is -2.14. The molecule has 1 aliphatic heterocycles. The first-order chi connectivity index (χ1) is 7.20. The van der Waals surface area contributed by atoms with Crippen LogP contribution >= 0.6 is 0 Å². The van der Waals surface area contributed by atoms with Crippen LogP contribution in [0.1, 0.15) is 23.4 Å². The molecule has 0 radical (unpaired) electrons. The summed E-state index contributed by atoms with van der Waals surface area (Å²) in [7, 11) is 0. The number of nitrogens with zero attached hydrogens (tertiary/aromatic N) is 2. The van der Waals surface area contributed by atoms with Crippen LogP contribution < -0.4 is 0 Å². The number of aromatic nitrogens is 1. The third-order valence-corrected chi connectivity index (χ3v) is 3.19. The van der Waals surface area contributed by atoms with Crippen LogP contribution in [0.5, 0.6) is 0 Å². The van der Waals surface area contributed by atoms with Crippen molar-refractivity contribution in [1.29, 1.82) is 0 Å². The number of aryl methyl sites for hydroxylation is 2. The molecule has 0 saturated carbocycles. The topological polar surface area (TPSA) is 49.5 Å². The zero-order chi connectivity index (χ0) is 10.8. The first kappa shape index (κ1) is 10.6. The van der Waals surface area contributed by atoms with Crippen LogP contribution in [-0.4, -0.2) is 34.9 Å². The standard InChI is InChI=1S/C11H18N2O2/c1-8-11(9(2)15-12-8)6-13-4-3-10(5-13)7-14/h10,14H,3-7H2,1-2H3/t10-/m0/s1. The molecule has 15 heavy (non-hydrogen) atoms. The van der Waals surface area contributed by atoms with Crippen molar-refractivity contribution in [2.24, 2.45) is 5.92 Å². The highest BCUT2D eigenvalue weighted by molar-refractivity contribution is 5.20. The monoisotopic (exact) mass is 210 g/mol. The quantitative estimate of drug-likeness (QED) is 0.811. The molecule has 1 aliphatic rings. The van der Waals surface area contributed by atoms with Crippen molar-refractivity contribution in [2.45, 2.75) is 26.8 Å². The maximum Gasteiger partial charge on any atom is 0.138 e. The summed E-state index contributed by atoms with van der Waals surface area (Å²) in [6.45, 7) is 7.19. The van der Waals surface area contributed by atoms with Gasteiger partial charge in [0.15, 0.2) is 0 Å². The highest BCUT2D eigenvalue weighted by Gasteiger charge is 2.23. The molecule has 1 N–H and O–H groups in total. The van der Waals surface area contributed by atoms with Gasteiger partial charge in [0, 0.05) is 25.3 Å². The van der Waals surface area contributed by atoms with E-state index in [2.05, 4.69) is 10.1 Å². The minimum absolute atomic E-state index is 0.304. The zero-order valence-corrected chi connectivity index (χ0v) is 9.36. The van der Waals surface area contributed by atoms with E-state index < -0.39 is 0 Å². The zero-order valence-electron chi connectivity index (χ0n) is 9.36. The minimum atomic E-state index is 0.304. The lowest BCUT2D eigenvalue weighted by molar-refractivity contribution is 0.220. The second-order valence-corrected chi connectivity index (χ2v) is 4.38. The Kier molecular flexibility index (Phi) is 3.07. The smallest absolute Gasteiger partial charge is 0.138 e. The summed E-state index contributed by atoms with van der Waals surface area (Å²) in [5.74, 6) is 1.37. The molecule has 1 atom stereocenters. The van der Waals surface area contributed by atoms with E-state index in [9.17, 15) is 0 Å². The van der Waals surface area contributed by atoms with E-state index in [1.165, 1.54) is 5.56 Å². The van der Waals surface area contributed by atoms with Crippen molar-refractivity contribution < 1.29 is 9.63 Å². The number of rotatable bonds is 3. The average molecular weight is 210 g/mol. The summed E-state index contributed by atoms with van der Waals surface area (Å²) in [5.41, 5.74) is 2.19. The van der Waals surface area contributed by atoms with E-state index in [1.807, 2.05) is 13.8 Å². The van der Waals surface area contributed by atoms with Gasteiger partial charge in [0.25, 0.3) is 0 Å². The van der Waals surface area contributed by atoms with Crippen LogP contribution in [0.25, 0.3) is 0 Å². The Morgan fingerprint density at radius 2 is 2.33 bits per heavy atom. The summed E-state index contributed by atoms with van der Waals surface area (Å²) < 4.78 is 5.13. The molecule has 4 nitrogen and oxygen atoms in total. The Labute approximate surface area is 89.9 Å². The molecule has 84 valence electrons. The first-order valence-corrected chi connectivity index (χ1v) is 5.45. The van der Waals surface area contributed by atoms with Gasteiger partial charge in [-0.3, -0.25) is 4.90 Å². The van der Waals surface area contributed by atoms with Crippen LogP contribution in [0.3, 0.4) is 0 Å². The number of hydrogen-bond donors (Lipinski definition) is 1. The van der Waals surface area contributed by atoms with Gasteiger partial charge in [-0.1, -0.05) is 5.16 Å². The van der Waals surface area contributed by atoms with Gasteiger partial charge in [-0.25, -0.2) is 0 Å². The molecule has 0 spiro atoms. The van der Waals surface area contributed by atoms with Gasteiger partial charge in [0.1, 0.15) is 5.76 Å². The highest BCUT2D eigenvalue weighted by atomic mass is 16.5. The van der Waals surface area contributed by atoms with Crippen LogP contribution in [0.15, 0.2) is 4.52 Å². The minimum Gasteiger partial charge on any atom is -0.396 e. The number of hydrogen-bond acceptors (Lipinski definition) is 4. The lowest BCUT2D eigenvalue weighted by Crippen LogP contribution is -2.21. The third kappa shape index (κ3) is 2.21. The van der Waals surface area contributed by atoms with Gasteiger partial charge in [0.2, 0.25) is 0 Å². The Morgan fingerprint density at radius 1 is 1.53 bits per heavy atom. The molecule has 1 aromatic rings. The van der Waals surface area contributed by atoms with E-state index in [-0.39, 0.29) is 0 Å². The van der Waals surface area contributed by atoms with E-state index in [0.717, 1.165) is 37.5 Å². The maximum atomic E-state index is 9.06. The lowest BCUT2D eigenvalue weighted by atomic mass is 10.1. The highest BCUT2D eigenvalue weighted by Crippen LogP contribution is 2.21. The Morgan fingerprint density at radius 3 is 2.87 bits per heavy atom. The molecule has 0 unspecified atom stereocenters. The molecule has 0 amide bonds. The Bertz CT molecular complexity index is 316. The first-order valence-electron chi connectivity index (χ1n) is 5.45. The second kappa shape index (κ2) is 4.33. The van der Waals surface area contributed by atoms with Gasteiger partial charge in [-0.05, 0) is 32.7 Å².